The molecule has 0 aliphatic heterocycles. The van der Waals surface area contributed by atoms with E-state index >= 15 is 0 Å². The fourth-order valence-electron chi connectivity index (χ4n) is 0. The van der Waals surface area contributed by atoms with Gasteiger partial charge in [0.1, 0.15) is 0 Å². The normalized spacial score (nSPS) is 9.29. The van der Waals surface area contributed by atoms with Gasteiger partial charge in [0.2, 0.25) is 0 Å². The zero-order valence-electron chi connectivity index (χ0n) is 2.90. The van der Waals surface area contributed by atoms with Crippen molar-refractivity contribution in [2.24, 2.45) is 0 Å². The third kappa shape index (κ3) is 390. The molecule has 7 heteroatoms. The second-order valence-corrected chi connectivity index (χ2v) is 1.34. The number of hydrogen-bond acceptors (Lipinski definition) is 5. The van der Waals surface area contributed by atoms with Gasteiger partial charge >= 0.3 is 23.2 Å². The van der Waals surface area contributed by atoms with Crippen molar-refractivity contribution in [1.29, 1.82) is 0 Å². The van der Waals surface area contributed by atoms with Crippen molar-refractivity contribution in [3.63, 3.8) is 0 Å². The molecule has 0 aliphatic carbocycles. The fourth-order valence-corrected chi connectivity index (χ4v) is 0. The van der Waals surface area contributed by atoms with Gasteiger partial charge in [0.15, 0.2) is 0 Å². The van der Waals surface area contributed by atoms with Crippen LogP contribution in [0.5, 0.6) is 0 Å². The van der Waals surface area contributed by atoms with Gasteiger partial charge in [-0.05, 0) is 0 Å². The van der Waals surface area contributed by atoms with E-state index < -0.39 is 7.82 Å². The molecule has 0 aromatic heterocycles. The van der Waals surface area contributed by atoms with Crippen LogP contribution in [0.25, 0.3) is 0 Å². The molecule has 41 valence electrons. The van der Waals surface area contributed by atoms with E-state index in [1.807, 2.05) is 0 Å². The zero-order valence-corrected chi connectivity index (χ0v) is 5.80. The van der Waals surface area contributed by atoms with Crippen molar-refractivity contribution in [3.05, 3.63) is 0 Å². The molecular formula is MoO5P. The summed E-state index contributed by atoms with van der Waals surface area (Å²) in [5.74, 6) is 0. The van der Waals surface area contributed by atoms with Gasteiger partial charge in [-0.2, -0.15) is 7.82 Å². The topological polar surface area (TPSA) is 103 Å². The Kier molecular flexibility index (Phi) is 7.16. The van der Waals surface area contributed by atoms with E-state index in [0.29, 0.717) is 19.8 Å². The molecule has 0 saturated carbocycles. The molecule has 0 radical (unpaired) electrons. The van der Waals surface area contributed by atoms with Crippen molar-refractivity contribution in [2.75, 3.05) is 0 Å². The Morgan fingerprint density at radius 2 is 1.14 bits per heavy atom. The van der Waals surface area contributed by atoms with Gasteiger partial charge in [-0.25, -0.2) is 0 Å². The average Bonchev–Trinajstić information content (AvgIpc) is 1.36. The van der Waals surface area contributed by atoms with Crippen LogP contribution in [0.1, 0.15) is 0 Å². The Labute approximate surface area is 50.8 Å². The zero-order chi connectivity index (χ0) is 6.50. The summed E-state index contributed by atoms with van der Waals surface area (Å²) in [5, 5.41) is 0. The van der Waals surface area contributed by atoms with Gasteiger partial charge in [0, 0.05) is 0 Å². The van der Waals surface area contributed by atoms with Crippen LogP contribution in [0.15, 0.2) is 0 Å². The predicted octanol–water partition coefficient (Wildman–Crippen LogP) is -2.95. The third-order valence-corrected chi connectivity index (χ3v) is 0. The average molecular weight is 207 g/mol. The molecule has 0 unspecified atom stereocenters. The van der Waals surface area contributed by atoms with E-state index in [9.17, 15) is 0 Å². The summed E-state index contributed by atoms with van der Waals surface area (Å²) >= 11 is 0.700. The summed E-state index contributed by atoms with van der Waals surface area (Å²) in [6, 6.07) is 0. The number of rotatable bonds is 0. The summed E-state index contributed by atoms with van der Waals surface area (Å²) < 4.78 is 16.8. The molecule has 0 spiro atoms. The van der Waals surface area contributed by atoms with Crippen molar-refractivity contribution < 1.29 is 42.4 Å². The molecule has 0 saturated heterocycles. The van der Waals surface area contributed by atoms with Crippen molar-refractivity contribution in [3.8, 4) is 0 Å². The van der Waals surface area contributed by atoms with Gasteiger partial charge in [-0.3, -0.25) is 0 Å². The molecule has 0 rings (SSSR count). The first kappa shape index (κ1) is 10.6. The molecule has 0 bridgehead atoms. The molecule has 0 amide bonds. The van der Waals surface area contributed by atoms with Crippen LogP contribution in [0.4, 0.5) is 0 Å². The van der Waals surface area contributed by atoms with Crippen LogP contribution in [-0.4, -0.2) is 0 Å². The van der Waals surface area contributed by atoms with E-state index in [1.165, 1.54) is 0 Å². The summed E-state index contributed by atoms with van der Waals surface area (Å²) in [6.45, 7) is 0. The molecule has 0 aromatic carbocycles. The van der Waals surface area contributed by atoms with Gasteiger partial charge in [0.25, 0.3) is 0 Å². The van der Waals surface area contributed by atoms with Gasteiger partial charge in [-0.1, -0.05) is 0 Å². The second kappa shape index (κ2) is 4.75. The maximum atomic E-state index is 8.55. The predicted molar refractivity (Wildman–Crippen MR) is 8.29 cm³/mol. The van der Waals surface area contributed by atoms with Crippen molar-refractivity contribution >= 4 is 7.82 Å². The molecule has 0 heterocycles. The standard InChI is InChI=1S/Mo.H3O4P.O/c;1-5(2,3)4;/h;(H3,1,2,3,4);/q+3;;/p-3. The summed E-state index contributed by atoms with van der Waals surface area (Å²) in [6.07, 6.45) is 0. The molecule has 0 fully saturated rings. The SMILES string of the molecule is O=P([O-])([O-])[O-].[O]=[Mo+3]. The third-order valence-electron chi connectivity index (χ3n) is 0. The van der Waals surface area contributed by atoms with Crippen LogP contribution in [-0.2, 0) is 27.7 Å². The quantitative estimate of drug-likeness (QED) is 0.312. The monoisotopic (exact) mass is 209 g/mol. The van der Waals surface area contributed by atoms with E-state index in [2.05, 4.69) is 0 Å². The molecule has 7 heavy (non-hydrogen) atoms. The molecule has 0 aliphatic rings. The summed E-state index contributed by atoms with van der Waals surface area (Å²) in [7, 11) is -5.39. The summed E-state index contributed by atoms with van der Waals surface area (Å²) in [5.41, 5.74) is 0. The molecule has 0 aromatic rings. The van der Waals surface area contributed by atoms with Gasteiger partial charge < -0.3 is 19.2 Å². The Hall–Kier alpha value is 0.598. The van der Waals surface area contributed by atoms with Crippen molar-refractivity contribution in [1.82, 2.24) is 0 Å². The van der Waals surface area contributed by atoms with Crippen molar-refractivity contribution in [2.45, 2.75) is 0 Å². The second-order valence-electron chi connectivity index (χ2n) is 0.447. The first-order chi connectivity index (χ1) is 3.00. The van der Waals surface area contributed by atoms with E-state index in [4.69, 9.17) is 22.6 Å². The molecular weight excluding hydrogens is 207 g/mol. The minimum atomic E-state index is -5.39. The van der Waals surface area contributed by atoms with Crippen LogP contribution in [0.2, 0.25) is 0 Å². The van der Waals surface area contributed by atoms with Crippen LogP contribution < -0.4 is 14.7 Å². The fraction of sp³-hybridized carbons (Fsp3) is 0. The van der Waals surface area contributed by atoms with Crippen LogP contribution in [0.3, 0.4) is 0 Å². The minimum absolute atomic E-state index is 0.700. The Bertz CT molecular complexity index is 63.9. The maximum absolute atomic E-state index is 8.55. The van der Waals surface area contributed by atoms with E-state index in [0.717, 1.165) is 0 Å². The van der Waals surface area contributed by atoms with Gasteiger partial charge in [0.05, 0.1) is 0 Å². The molecule has 0 atom stereocenters. The molecule has 0 N–H and O–H groups in total. The first-order valence-electron chi connectivity index (χ1n) is 0.897. The number of hydrogen-bond donors (Lipinski definition) is 0. The molecule has 5 nitrogen and oxygen atoms in total. The van der Waals surface area contributed by atoms with Crippen LogP contribution in [0, 0.1) is 0 Å². The summed E-state index contributed by atoms with van der Waals surface area (Å²) in [4.78, 5) is 25.6. The van der Waals surface area contributed by atoms with E-state index in [-0.39, 0.29) is 0 Å². The Morgan fingerprint density at radius 1 is 1.14 bits per heavy atom. The van der Waals surface area contributed by atoms with Gasteiger partial charge in [-0.15, -0.1) is 0 Å². The van der Waals surface area contributed by atoms with Crippen LogP contribution >= 0.6 is 7.82 Å². The Morgan fingerprint density at radius 3 is 1.14 bits per heavy atom. The van der Waals surface area contributed by atoms with E-state index in [1.54, 1.807) is 0 Å². The Balaban J connectivity index is 0. The first-order valence-corrected chi connectivity index (χ1v) is 3.18. The number of phosphoric acid groups is 1.